The lowest BCUT2D eigenvalue weighted by molar-refractivity contribution is 0.292. The van der Waals surface area contributed by atoms with E-state index in [-0.39, 0.29) is 5.63 Å². The van der Waals surface area contributed by atoms with Crippen molar-refractivity contribution >= 4 is 28.5 Å². The van der Waals surface area contributed by atoms with E-state index < -0.39 is 0 Å². The quantitative estimate of drug-likeness (QED) is 0.748. The van der Waals surface area contributed by atoms with Crippen LogP contribution in [0, 0.1) is 0 Å². The van der Waals surface area contributed by atoms with E-state index >= 15 is 0 Å². The van der Waals surface area contributed by atoms with Crippen LogP contribution in [0.5, 0.6) is 5.95 Å². The smallest absolute Gasteiger partial charge is 0.346 e. The van der Waals surface area contributed by atoms with Gasteiger partial charge in [-0.25, -0.2) is 4.79 Å². The van der Waals surface area contributed by atoms with Crippen molar-refractivity contribution in [3.05, 3.63) is 44.6 Å². The third kappa shape index (κ3) is 1.02. The van der Waals surface area contributed by atoms with Crippen LogP contribution in [0.2, 0.25) is 0 Å². The van der Waals surface area contributed by atoms with Crippen LogP contribution in [0.15, 0.2) is 27.4 Å². The molecule has 0 unspecified atom stereocenters. The van der Waals surface area contributed by atoms with Crippen molar-refractivity contribution in [3.63, 3.8) is 0 Å². The van der Waals surface area contributed by atoms with Gasteiger partial charge in [0.15, 0.2) is 0 Å². The minimum absolute atomic E-state index is 0.295. The average molecular weight is 238 g/mol. The fourth-order valence-electron chi connectivity index (χ4n) is 2.84. The van der Waals surface area contributed by atoms with Crippen molar-refractivity contribution in [2.24, 2.45) is 0 Å². The first-order valence-corrected chi connectivity index (χ1v) is 5.85. The average Bonchev–Trinajstić information content (AvgIpc) is 2.82. The molecule has 0 spiro atoms. The lowest BCUT2D eigenvalue weighted by Gasteiger charge is -2.13. The molecule has 0 bridgehead atoms. The summed E-state index contributed by atoms with van der Waals surface area (Å²) in [6.45, 7) is 0. The topological polar surface area (TPSA) is 39.4 Å². The van der Waals surface area contributed by atoms with Gasteiger partial charge in [0, 0.05) is 5.39 Å². The number of hydrogen-bond acceptors (Lipinski definition) is 3. The summed E-state index contributed by atoms with van der Waals surface area (Å²) in [5.74, 6) is 0.295. The Kier molecular flexibility index (Phi) is 1.69. The van der Waals surface area contributed by atoms with E-state index in [1.54, 1.807) is 0 Å². The monoisotopic (exact) mass is 238 g/mol. The van der Waals surface area contributed by atoms with Crippen LogP contribution in [-0.4, -0.2) is 7.11 Å². The van der Waals surface area contributed by atoms with Crippen molar-refractivity contribution in [3.8, 4) is 5.95 Å². The molecule has 0 saturated carbocycles. The molecular weight excluding hydrogens is 228 g/mol. The Balaban J connectivity index is 2.40. The molecule has 88 valence electrons. The molecule has 0 atom stereocenters. The second-order valence-electron chi connectivity index (χ2n) is 4.51. The van der Waals surface area contributed by atoms with E-state index in [2.05, 4.69) is 12.2 Å². The van der Waals surface area contributed by atoms with Crippen molar-refractivity contribution in [2.45, 2.75) is 6.42 Å². The molecule has 1 aromatic heterocycles. The van der Waals surface area contributed by atoms with Crippen LogP contribution in [0.1, 0.15) is 12.0 Å². The number of benzene rings is 1. The largest absolute Gasteiger partial charge is 0.468 e. The summed E-state index contributed by atoms with van der Waals surface area (Å²) in [7, 11) is 1.52. The normalized spacial score (nSPS) is 15.1. The fourth-order valence-corrected chi connectivity index (χ4v) is 2.84. The summed E-state index contributed by atoms with van der Waals surface area (Å²) in [5.41, 5.74) is 2.10. The van der Waals surface area contributed by atoms with E-state index in [9.17, 15) is 4.79 Å². The predicted molar refractivity (Wildman–Crippen MR) is 69.8 cm³/mol. The minimum atomic E-state index is -0.321. The molecule has 0 aliphatic heterocycles. The molecule has 0 radical (unpaired) electrons. The zero-order chi connectivity index (χ0) is 12.3. The van der Waals surface area contributed by atoms with Crippen LogP contribution in [0.3, 0.4) is 0 Å². The fraction of sp³-hybridized carbons (Fsp3) is 0.133. The van der Waals surface area contributed by atoms with E-state index in [1.807, 2.05) is 18.2 Å². The second kappa shape index (κ2) is 3.13. The van der Waals surface area contributed by atoms with Crippen molar-refractivity contribution in [2.75, 3.05) is 7.11 Å². The van der Waals surface area contributed by atoms with Gasteiger partial charge in [0.05, 0.1) is 17.7 Å². The van der Waals surface area contributed by atoms with Gasteiger partial charge >= 0.3 is 5.63 Å². The van der Waals surface area contributed by atoms with Crippen molar-refractivity contribution in [1.29, 1.82) is 0 Å². The molecule has 0 N–H and O–H groups in total. The number of ether oxygens (including phenoxy) is 1. The maximum atomic E-state index is 12.0. The van der Waals surface area contributed by atoms with Gasteiger partial charge in [-0.1, -0.05) is 24.3 Å². The van der Waals surface area contributed by atoms with Crippen LogP contribution in [-0.2, 0) is 0 Å². The van der Waals surface area contributed by atoms with E-state index in [1.165, 1.54) is 17.9 Å². The number of allylic oxidation sites excluding steroid dienone is 2. The molecule has 0 amide bonds. The molecule has 2 aromatic rings. The van der Waals surface area contributed by atoms with E-state index in [0.29, 0.717) is 11.2 Å². The molecule has 0 saturated heterocycles. The number of methoxy groups -OCH3 is 1. The van der Waals surface area contributed by atoms with Gasteiger partial charge in [0.1, 0.15) is 0 Å². The maximum absolute atomic E-state index is 12.0. The second-order valence-corrected chi connectivity index (χ2v) is 4.51. The van der Waals surface area contributed by atoms with Crippen LogP contribution in [0.4, 0.5) is 0 Å². The molecule has 2 aliphatic rings. The molecule has 2 aliphatic carbocycles. The molecule has 3 heteroatoms. The summed E-state index contributed by atoms with van der Waals surface area (Å²) < 4.78 is 10.4. The standard InChI is InChI=1S/C15H10O3/c1-17-15-11-7-5-9-3-2-8-4-6-10(14(16)18-15)13(11)12(8)9/h2-3,5-7H,4H2,1H3. The van der Waals surface area contributed by atoms with Crippen LogP contribution >= 0.6 is 0 Å². The van der Waals surface area contributed by atoms with E-state index in [0.717, 1.165) is 22.8 Å². The lowest BCUT2D eigenvalue weighted by atomic mass is 9.93. The van der Waals surface area contributed by atoms with Crippen LogP contribution < -0.4 is 20.8 Å². The summed E-state index contributed by atoms with van der Waals surface area (Å²) >= 11 is 0. The van der Waals surface area contributed by atoms with Crippen molar-refractivity contribution < 1.29 is 9.15 Å². The first-order chi connectivity index (χ1) is 8.79. The summed E-state index contributed by atoms with van der Waals surface area (Å²) in [5, 5.41) is 3.66. The molecule has 0 fully saturated rings. The Bertz CT molecular complexity index is 898. The molecule has 3 nitrogen and oxygen atoms in total. The first-order valence-electron chi connectivity index (χ1n) is 5.85. The Morgan fingerprint density at radius 1 is 1.28 bits per heavy atom. The highest BCUT2D eigenvalue weighted by molar-refractivity contribution is 6.02. The molecular formula is C15H10O3. The highest BCUT2D eigenvalue weighted by Crippen LogP contribution is 2.31. The third-order valence-corrected chi connectivity index (χ3v) is 3.63. The highest BCUT2D eigenvalue weighted by Gasteiger charge is 2.20. The summed E-state index contributed by atoms with van der Waals surface area (Å²) in [6, 6.07) is 3.99. The number of hydrogen-bond donors (Lipinski definition) is 0. The first kappa shape index (κ1) is 9.71. The Hall–Kier alpha value is -2.29. The van der Waals surface area contributed by atoms with Gasteiger partial charge in [-0.3, -0.25) is 0 Å². The number of rotatable bonds is 1. The maximum Gasteiger partial charge on any atom is 0.346 e. The summed E-state index contributed by atoms with van der Waals surface area (Å²) in [4.78, 5) is 12.0. The minimum Gasteiger partial charge on any atom is -0.468 e. The van der Waals surface area contributed by atoms with Gasteiger partial charge in [-0.15, -0.1) is 0 Å². The zero-order valence-corrected chi connectivity index (χ0v) is 9.82. The Morgan fingerprint density at radius 2 is 2.17 bits per heavy atom. The Labute approximate surface area is 102 Å². The lowest BCUT2D eigenvalue weighted by Crippen LogP contribution is -2.28. The third-order valence-electron chi connectivity index (χ3n) is 3.63. The molecule has 4 rings (SSSR count). The van der Waals surface area contributed by atoms with Crippen LogP contribution in [0.25, 0.3) is 28.5 Å². The van der Waals surface area contributed by atoms with Gasteiger partial charge in [0.2, 0.25) is 0 Å². The Morgan fingerprint density at radius 3 is 3.00 bits per heavy atom. The summed E-state index contributed by atoms with van der Waals surface area (Å²) in [6.07, 6.45) is 6.93. The molecule has 1 heterocycles. The van der Waals surface area contributed by atoms with Crippen molar-refractivity contribution in [1.82, 2.24) is 0 Å². The van der Waals surface area contributed by atoms with Gasteiger partial charge in [0.25, 0.3) is 5.95 Å². The van der Waals surface area contributed by atoms with Gasteiger partial charge < -0.3 is 9.15 Å². The zero-order valence-electron chi connectivity index (χ0n) is 9.82. The SMILES string of the molecule is COc1oc(=O)c2c3c4c(ccc13)=CC=C4CC=2. The molecule has 18 heavy (non-hydrogen) atoms. The van der Waals surface area contributed by atoms with E-state index in [4.69, 9.17) is 9.15 Å². The molecule has 1 aromatic carbocycles. The predicted octanol–water partition coefficient (Wildman–Crippen LogP) is 1.16. The van der Waals surface area contributed by atoms with Gasteiger partial charge in [-0.2, -0.15) is 0 Å². The van der Waals surface area contributed by atoms with Gasteiger partial charge in [-0.05, 0) is 28.8 Å². The highest BCUT2D eigenvalue weighted by atomic mass is 16.6.